The summed E-state index contributed by atoms with van der Waals surface area (Å²) in [7, 11) is 0. The highest BCUT2D eigenvalue weighted by Gasteiger charge is 2.06. The molecule has 0 radical (unpaired) electrons. The van der Waals surface area contributed by atoms with Gasteiger partial charge in [-0.25, -0.2) is 9.97 Å². The summed E-state index contributed by atoms with van der Waals surface area (Å²) < 4.78 is 2.51. The Bertz CT molecular complexity index is 361. The largest absolute Gasteiger partial charge is 0.223 e. The number of hydrogen-bond donors (Lipinski definition) is 0. The molecule has 0 saturated carbocycles. The molecule has 62 valence electrons. The number of aryl methyl sites for hydroxylation is 1. The van der Waals surface area contributed by atoms with Crippen molar-refractivity contribution >= 4 is 27.3 Å². The van der Waals surface area contributed by atoms with Crippen LogP contribution in [0.15, 0.2) is 17.3 Å². The van der Waals surface area contributed by atoms with Gasteiger partial charge in [0.1, 0.15) is 17.3 Å². The van der Waals surface area contributed by atoms with Crippen molar-refractivity contribution in [2.75, 3.05) is 0 Å². The zero-order valence-corrected chi connectivity index (χ0v) is 8.63. The van der Waals surface area contributed by atoms with E-state index in [0.29, 0.717) is 0 Å². The Morgan fingerprint density at radius 3 is 2.92 bits per heavy atom. The van der Waals surface area contributed by atoms with Gasteiger partial charge in [0.2, 0.25) is 5.13 Å². The summed E-state index contributed by atoms with van der Waals surface area (Å²) in [5.41, 5.74) is 0. The van der Waals surface area contributed by atoms with Crippen LogP contribution < -0.4 is 0 Å². The van der Waals surface area contributed by atoms with Crippen molar-refractivity contribution in [3.8, 4) is 5.13 Å². The lowest BCUT2D eigenvalue weighted by atomic mass is 10.6. The van der Waals surface area contributed by atoms with Crippen LogP contribution in [0.2, 0.25) is 0 Å². The molecule has 6 heteroatoms. The number of halogens is 1. The standard InChI is InChI=1S/C6H5BrN4S/c1-4-5(7)10-6(12-4)11-3-8-2-9-11/h2-3H,1H3. The van der Waals surface area contributed by atoms with Crippen molar-refractivity contribution in [3.63, 3.8) is 0 Å². The van der Waals surface area contributed by atoms with Gasteiger partial charge in [-0.05, 0) is 22.9 Å². The minimum Gasteiger partial charge on any atom is -0.223 e. The molecule has 0 fully saturated rings. The third-order valence-corrected chi connectivity index (χ3v) is 3.34. The van der Waals surface area contributed by atoms with Crippen LogP contribution >= 0.6 is 27.3 Å². The number of nitrogens with zero attached hydrogens (tertiary/aromatic N) is 4. The molecule has 0 aliphatic heterocycles. The first-order valence-corrected chi connectivity index (χ1v) is 4.86. The minimum absolute atomic E-state index is 0.830. The smallest absolute Gasteiger partial charge is 0.213 e. The molecule has 2 heterocycles. The number of thiazole rings is 1. The molecule has 0 spiro atoms. The van der Waals surface area contributed by atoms with Gasteiger partial charge >= 0.3 is 0 Å². The second-order valence-electron chi connectivity index (χ2n) is 2.18. The van der Waals surface area contributed by atoms with E-state index in [1.807, 2.05) is 6.92 Å². The molecule has 0 unspecified atom stereocenters. The summed E-state index contributed by atoms with van der Waals surface area (Å²) in [5, 5.41) is 4.80. The Kier molecular flexibility index (Phi) is 1.93. The quantitative estimate of drug-likeness (QED) is 0.769. The van der Waals surface area contributed by atoms with E-state index in [0.717, 1.165) is 14.6 Å². The van der Waals surface area contributed by atoms with Crippen LogP contribution in [0.5, 0.6) is 0 Å². The molecule has 4 nitrogen and oxygen atoms in total. The average molecular weight is 245 g/mol. The topological polar surface area (TPSA) is 43.6 Å². The third-order valence-electron chi connectivity index (χ3n) is 1.34. The highest BCUT2D eigenvalue weighted by molar-refractivity contribution is 9.10. The van der Waals surface area contributed by atoms with Crippen LogP contribution in [0.1, 0.15) is 4.88 Å². The van der Waals surface area contributed by atoms with Crippen LogP contribution in [-0.4, -0.2) is 19.7 Å². The first-order valence-electron chi connectivity index (χ1n) is 3.25. The number of rotatable bonds is 1. The van der Waals surface area contributed by atoms with E-state index < -0.39 is 0 Å². The van der Waals surface area contributed by atoms with E-state index in [-0.39, 0.29) is 0 Å². The van der Waals surface area contributed by atoms with Crippen molar-refractivity contribution < 1.29 is 0 Å². The predicted octanol–water partition coefficient (Wildman–Crippen LogP) is 1.79. The van der Waals surface area contributed by atoms with E-state index in [4.69, 9.17) is 0 Å². The number of aromatic nitrogens is 4. The van der Waals surface area contributed by atoms with Gasteiger partial charge in [-0.2, -0.15) is 9.78 Å². The summed E-state index contributed by atoms with van der Waals surface area (Å²) in [4.78, 5) is 9.23. The van der Waals surface area contributed by atoms with Crippen molar-refractivity contribution in [1.29, 1.82) is 0 Å². The molecule has 2 aromatic rings. The summed E-state index contributed by atoms with van der Waals surface area (Å²) in [6.07, 6.45) is 3.12. The molecule has 0 aromatic carbocycles. The van der Waals surface area contributed by atoms with E-state index in [1.165, 1.54) is 6.33 Å². The maximum absolute atomic E-state index is 4.25. The van der Waals surface area contributed by atoms with Gasteiger partial charge in [-0.3, -0.25) is 0 Å². The molecular weight excluding hydrogens is 240 g/mol. The van der Waals surface area contributed by atoms with Crippen LogP contribution in [0.4, 0.5) is 0 Å². The fourth-order valence-electron chi connectivity index (χ4n) is 0.770. The van der Waals surface area contributed by atoms with E-state index in [2.05, 4.69) is 31.0 Å². The lowest BCUT2D eigenvalue weighted by molar-refractivity contribution is 0.865. The average Bonchev–Trinajstić information content (AvgIpc) is 2.61. The Hall–Kier alpha value is -0.750. The Morgan fingerprint density at radius 1 is 1.58 bits per heavy atom. The SMILES string of the molecule is Cc1sc(-n2cncn2)nc1Br. The summed E-state index contributed by atoms with van der Waals surface area (Å²) in [6, 6.07) is 0. The summed E-state index contributed by atoms with van der Waals surface area (Å²) in [6.45, 7) is 2.00. The van der Waals surface area contributed by atoms with Gasteiger partial charge in [0, 0.05) is 4.88 Å². The molecule has 0 bridgehead atoms. The minimum atomic E-state index is 0.830. The zero-order valence-electron chi connectivity index (χ0n) is 6.23. The summed E-state index contributed by atoms with van der Waals surface area (Å²) >= 11 is 4.91. The Labute approximate surface area is 81.4 Å². The summed E-state index contributed by atoms with van der Waals surface area (Å²) in [5.74, 6) is 0. The normalized spacial score (nSPS) is 10.5. The first-order chi connectivity index (χ1) is 5.77. The Balaban J connectivity index is 2.48. The second kappa shape index (κ2) is 2.95. The maximum Gasteiger partial charge on any atom is 0.213 e. The lowest BCUT2D eigenvalue weighted by Gasteiger charge is -1.88. The van der Waals surface area contributed by atoms with Gasteiger partial charge < -0.3 is 0 Å². The molecule has 0 N–H and O–H groups in total. The highest BCUT2D eigenvalue weighted by atomic mass is 79.9. The third kappa shape index (κ3) is 1.27. The molecule has 0 atom stereocenters. The van der Waals surface area contributed by atoms with E-state index >= 15 is 0 Å². The van der Waals surface area contributed by atoms with E-state index in [1.54, 1.807) is 22.3 Å². The maximum atomic E-state index is 4.25. The number of hydrogen-bond acceptors (Lipinski definition) is 4. The van der Waals surface area contributed by atoms with Crippen LogP contribution in [0.25, 0.3) is 5.13 Å². The van der Waals surface area contributed by atoms with Gasteiger partial charge in [-0.1, -0.05) is 11.3 Å². The molecule has 0 amide bonds. The predicted molar refractivity (Wildman–Crippen MR) is 49.5 cm³/mol. The Morgan fingerprint density at radius 2 is 2.42 bits per heavy atom. The lowest BCUT2D eigenvalue weighted by Crippen LogP contribution is -1.91. The van der Waals surface area contributed by atoms with Crippen LogP contribution in [0, 0.1) is 6.92 Å². The molecular formula is C6H5BrN4S. The molecule has 2 rings (SSSR count). The molecule has 0 aliphatic carbocycles. The second-order valence-corrected chi connectivity index (χ2v) is 4.12. The van der Waals surface area contributed by atoms with Crippen LogP contribution in [0.3, 0.4) is 0 Å². The van der Waals surface area contributed by atoms with Crippen LogP contribution in [-0.2, 0) is 0 Å². The molecule has 0 aliphatic rings. The van der Waals surface area contributed by atoms with E-state index in [9.17, 15) is 0 Å². The van der Waals surface area contributed by atoms with Crippen molar-refractivity contribution in [2.45, 2.75) is 6.92 Å². The van der Waals surface area contributed by atoms with Gasteiger partial charge in [-0.15, -0.1) is 0 Å². The fraction of sp³-hybridized carbons (Fsp3) is 0.167. The molecule has 0 saturated heterocycles. The van der Waals surface area contributed by atoms with Crippen molar-refractivity contribution in [1.82, 2.24) is 19.7 Å². The van der Waals surface area contributed by atoms with Crippen molar-refractivity contribution in [2.24, 2.45) is 0 Å². The monoisotopic (exact) mass is 244 g/mol. The van der Waals surface area contributed by atoms with Gasteiger partial charge in [0.25, 0.3) is 0 Å². The zero-order chi connectivity index (χ0) is 8.55. The van der Waals surface area contributed by atoms with Gasteiger partial charge in [0.05, 0.1) is 0 Å². The fourth-order valence-corrected chi connectivity index (χ4v) is 2.03. The molecule has 12 heavy (non-hydrogen) atoms. The van der Waals surface area contributed by atoms with Crippen molar-refractivity contribution in [3.05, 3.63) is 22.1 Å². The molecule has 2 aromatic heterocycles. The van der Waals surface area contributed by atoms with Gasteiger partial charge in [0.15, 0.2) is 0 Å². The first kappa shape index (κ1) is 7.88. The highest BCUT2D eigenvalue weighted by Crippen LogP contribution is 2.23.